The second-order valence-corrected chi connectivity index (χ2v) is 7.65. The predicted molar refractivity (Wildman–Crippen MR) is 122 cm³/mol. The molecule has 4 rings (SSSR count). The molecule has 1 atom stereocenters. The maximum absolute atomic E-state index is 13.0. The molecular formula is C24H23N5O4. The van der Waals surface area contributed by atoms with E-state index in [9.17, 15) is 14.4 Å². The number of carbonyl (C=O) groups excluding carboxylic acids is 2. The van der Waals surface area contributed by atoms with Gasteiger partial charge in [-0.05, 0) is 36.6 Å². The van der Waals surface area contributed by atoms with Crippen molar-refractivity contribution >= 4 is 22.7 Å². The summed E-state index contributed by atoms with van der Waals surface area (Å²) in [7, 11) is 0. The van der Waals surface area contributed by atoms with Crippen molar-refractivity contribution in [3.8, 4) is 0 Å². The molecule has 3 aromatic rings. The van der Waals surface area contributed by atoms with Crippen molar-refractivity contribution in [2.24, 2.45) is 10.2 Å². The van der Waals surface area contributed by atoms with Crippen LogP contribution in [-0.4, -0.2) is 21.6 Å². The number of aromatic nitrogens is 1. The third-order valence-electron chi connectivity index (χ3n) is 5.40. The first-order valence-electron chi connectivity index (χ1n) is 10.6. The van der Waals surface area contributed by atoms with Gasteiger partial charge in [-0.15, -0.1) is 5.11 Å². The molecule has 2 amide bonds. The first kappa shape index (κ1) is 22.1. The van der Waals surface area contributed by atoms with Crippen LogP contribution in [0.2, 0.25) is 0 Å². The Bertz CT molecular complexity index is 1300. The molecule has 1 aromatic heterocycles. The molecule has 0 spiro atoms. The lowest BCUT2D eigenvalue weighted by Crippen LogP contribution is -2.29. The Kier molecular flexibility index (Phi) is 6.70. The molecule has 0 aliphatic carbocycles. The molecule has 2 aromatic carbocycles. The van der Waals surface area contributed by atoms with E-state index in [1.807, 2.05) is 47.0 Å². The number of para-hydroxylation sites is 1. The minimum absolute atomic E-state index is 0.000984. The highest BCUT2D eigenvalue weighted by Gasteiger charge is 2.20. The lowest BCUT2D eigenvalue weighted by atomic mass is 10.1. The van der Waals surface area contributed by atoms with Crippen molar-refractivity contribution < 1.29 is 14.8 Å². The van der Waals surface area contributed by atoms with Crippen LogP contribution in [0.3, 0.4) is 0 Å². The average Bonchev–Trinajstić information content (AvgIpc) is 3.32. The molecule has 9 nitrogen and oxygen atoms in total. The van der Waals surface area contributed by atoms with Crippen molar-refractivity contribution in [2.75, 3.05) is 0 Å². The van der Waals surface area contributed by atoms with Crippen LogP contribution in [0.25, 0.3) is 10.9 Å². The highest BCUT2D eigenvalue weighted by Crippen LogP contribution is 2.26. The summed E-state index contributed by atoms with van der Waals surface area (Å²) in [6, 6.07) is 16.4. The molecule has 0 bridgehead atoms. The number of unbranched alkanes of at least 4 members (excludes halogenated alkanes) is 1. The van der Waals surface area contributed by atoms with E-state index in [1.165, 1.54) is 6.20 Å². The first-order valence-corrected chi connectivity index (χ1v) is 10.6. The summed E-state index contributed by atoms with van der Waals surface area (Å²) in [6.07, 6.45) is 4.62. The molecule has 0 saturated carbocycles. The van der Waals surface area contributed by atoms with Crippen LogP contribution in [0, 0.1) is 0 Å². The molecule has 3 N–H and O–H groups in total. The Hall–Kier alpha value is -4.11. The normalized spacial score (nSPS) is 14.8. The molecule has 1 aliphatic heterocycles. The quantitative estimate of drug-likeness (QED) is 0.279. The topological polar surface area (TPSA) is 125 Å². The lowest BCUT2D eigenvalue weighted by molar-refractivity contribution is -0.129. The number of nitrogens with zero attached hydrogens (tertiary/aromatic N) is 3. The number of azo groups is 1. The van der Waals surface area contributed by atoms with E-state index < -0.39 is 11.8 Å². The molecule has 0 fully saturated rings. The highest BCUT2D eigenvalue weighted by atomic mass is 16.5. The fraction of sp³-hybridized carbons (Fsp3) is 0.208. The Morgan fingerprint density at radius 1 is 1.03 bits per heavy atom. The van der Waals surface area contributed by atoms with Crippen molar-refractivity contribution in [3.05, 3.63) is 94.0 Å². The SMILES string of the molecule is O=C(CCCCn1cc(C(=O)NC2=CC(c3ccccc3)N=N2)c(=O)c2ccccc21)NO. The number of amides is 2. The zero-order valence-electron chi connectivity index (χ0n) is 17.8. The van der Waals surface area contributed by atoms with Crippen LogP contribution < -0.4 is 16.2 Å². The summed E-state index contributed by atoms with van der Waals surface area (Å²) in [4.78, 5) is 37.2. The molecular weight excluding hydrogens is 422 g/mol. The van der Waals surface area contributed by atoms with E-state index in [0.29, 0.717) is 36.1 Å². The van der Waals surface area contributed by atoms with Gasteiger partial charge in [-0.3, -0.25) is 19.6 Å². The molecule has 2 heterocycles. The van der Waals surface area contributed by atoms with Crippen LogP contribution in [-0.2, 0) is 11.3 Å². The van der Waals surface area contributed by atoms with Crippen molar-refractivity contribution in [1.29, 1.82) is 0 Å². The number of hydroxylamine groups is 1. The molecule has 0 saturated heterocycles. The molecule has 168 valence electrons. The number of rotatable bonds is 8. The summed E-state index contributed by atoms with van der Waals surface area (Å²) >= 11 is 0. The third kappa shape index (κ3) is 5.04. The number of carbonyl (C=O) groups is 2. The van der Waals surface area contributed by atoms with Gasteiger partial charge in [-0.2, -0.15) is 5.11 Å². The van der Waals surface area contributed by atoms with Crippen molar-refractivity contribution in [3.63, 3.8) is 0 Å². The number of hydrogen-bond donors (Lipinski definition) is 3. The van der Waals surface area contributed by atoms with Gasteiger partial charge in [0.2, 0.25) is 11.3 Å². The second kappa shape index (κ2) is 10.0. The van der Waals surface area contributed by atoms with E-state index in [1.54, 1.807) is 23.7 Å². The summed E-state index contributed by atoms with van der Waals surface area (Å²) < 4.78 is 1.83. The molecule has 1 unspecified atom stereocenters. The summed E-state index contributed by atoms with van der Waals surface area (Å²) in [5.74, 6) is -0.714. The Morgan fingerprint density at radius 2 is 1.79 bits per heavy atom. The number of fused-ring (bicyclic) bond motifs is 1. The highest BCUT2D eigenvalue weighted by molar-refractivity contribution is 5.98. The maximum atomic E-state index is 13.0. The summed E-state index contributed by atoms with van der Waals surface area (Å²) in [5.41, 5.74) is 2.90. The Morgan fingerprint density at radius 3 is 2.58 bits per heavy atom. The van der Waals surface area contributed by atoms with Crippen LogP contribution in [0.1, 0.15) is 41.2 Å². The largest absolute Gasteiger partial charge is 0.346 e. The standard InChI is InChI=1S/C24H23N5O4/c30-22(28-33)12-6-7-13-29-15-18(23(31)17-10-4-5-11-20(17)29)24(32)25-21-14-19(26-27-21)16-8-2-1-3-9-16/h1-5,8-11,14-15,19,33H,6-7,12-13H2,(H,25,32)(H,28,30). The van der Waals surface area contributed by atoms with Crippen LogP contribution in [0.4, 0.5) is 0 Å². The number of benzene rings is 2. The number of pyridine rings is 1. The van der Waals surface area contributed by atoms with Crippen LogP contribution in [0.15, 0.2) is 87.7 Å². The number of aryl methyl sites for hydroxylation is 1. The Balaban J connectivity index is 1.55. The van der Waals surface area contributed by atoms with Gasteiger partial charge >= 0.3 is 0 Å². The number of nitrogens with one attached hydrogen (secondary N) is 2. The number of hydrogen-bond acceptors (Lipinski definition) is 6. The van der Waals surface area contributed by atoms with Gasteiger partial charge in [0.25, 0.3) is 5.91 Å². The fourth-order valence-electron chi connectivity index (χ4n) is 3.72. The Labute approximate surface area is 189 Å². The van der Waals surface area contributed by atoms with E-state index in [0.717, 1.165) is 5.56 Å². The molecule has 9 heteroatoms. The fourth-order valence-corrected chi connectivity index (χ4v) is 3.72. The van der Waals surface area contributed by atoms with Crippen LogP contribution in [0.5, 0.6) is 0 Å². The molecule has 33 heavy (non-hydrogen) atoms. The zero-order chi connectivity index (χ0) is 23.2. The average molecular weight is 445 g/mol. The summed E-state index contributed by atoms with van der Waals surface area (Å²) in [5, 5.41) is 20.0. The third-order valence-corrected chi connectivity index (χ3v) is 5.40. The van der Waals surface area contributed by atoms with Gasteiger partial charge < -0.3 is 9.88 Å². The van der Waals surface area contributed by atoms with Gasteiger partial charge in [-0.25, -0.2) is 5.48 Å². The smallest absolute Gasteiger partial charge is 0.262 e. The van der Waals surface area contributed by atoms with Gasteiger partial charge in [0.15, 0.2) is 5.82 Å². The van der Waals surface area contributed by atoms with Gasteiger partial charge in [0, 0.05) is 24.5 Å². The monoisotopic (exact) mass is 445 g/mol. The molecule has 1 aliphatic rings. The summed E-state index contributed by atoms with van der Waals surface area (Å²) in [6.45, 7) is 0.498. The van der Waals surface area contributed by atoms with Gasteiger partial charge in [0.1, 0.15) is 11.6 Å². The lowest BCUT2D eigenvalue weighted by Gasteiger charge is -2.13. The maximum Gasteiger partial charge on any atom is 0.262 e. The van der Waals surface area contributed by atoms with E-state index in [-0.39, 0.29) is 23.5 Å². The molecule has 0 radical (unpaired) electrons. The van der Waals surface area contributed by atoms with Gasteiger partial charge in [0.05, 0.1) is 5.52 Å². The zero-order valence-corrected chi connectivity index (χ0v) is 17.8. The van der Waals surface area contributed by atoms with Gasteiger partial charge in [-0.1, -0.05) is 42.5 Å². The van der Waals surface area contributed by atoms with Crippen molar-refractivity contribution in [1.82, 2.24) is 15.4 Å². The minimum Gasteiger partial charge on any atom is -0.346 e. The first-order chi connectivity index (χ1) is 16.1. The van der Waals surface area contributed by atoms with E-state index in [4.69, 9.17) is 5.21 Å². The predicted octanol–water partition coefficient (Wildman–Crippen LogP) is 3.46. The van der Waals surface area contributed by atoms with E-state index in [2.05, 4.69) is 15.5 Å². The van der Waals surface area contributed by atoms with E-state index >= 15 is 0 Å². The van der Waals surface area contributed by atoms with Crippen LogP contribution >= 0.6 is 0 Å². The van der Waals surface area contributed by atoms with Crippen molar-refractivity contribution in [2.45, 2.75) is 31.8 Å². The second-order valence-electron chi connectivity index (χ2n) is 7.65. The minimum atomic E-state index is -0.557.